The van der Waals surface area contributed by atoms with Crippen molar-refractivity contribution in [3.8, 4) is 0 Å². The maximum Gasteiger partial charge on any atom is 0.142 e. The zero-order valence-electron chi connectivity index (χ0n) is 10.8. The van der Waals surface area contributed by atoms with Crippen molar-refractivity contribution in [1.82, 2.24) is 4.37 Å². The molecule has 0 unspecified atom stereocenters. The molecule has 2 N–H and O–H groups in total. The van der Waals surface area contributed by atoms with Gasteiger partial charge in [0, 0.05) is 24.2 Å². The molecule has 3 nitrogen and oxygen atoms in total. The van der Waals surface area contributed by atoms with Gasteiger partial charge in [0.15, 0.2) is 0 Å². The molecule has 1 heterocycles. The number of hydrogen-bond donors (Lipinski definition) is 1. The predicted molar refractivity (Wildman–Crippen MR) is 82.1 cm³/mol. The van der Waals surface area contributed by atoms with Crippen LogP contribution in [0.15, 0.2) is 24.3 Å². The van der Waals surface area contributed by atoms with E-state index in [2.05, 4.69) is 22.4 Å². The summed E-state index contributed by atoms with van der Waals surface area (Å²) in [5, 5.41) is 1.97. The molecule has 0 saturated heterocycles. The van der Waals surface area contributed by atoms with E-state index in [1.807, 2.05) is 18.2 Å². The topological polar surface area (TPSA) is 42.2 Å². The molecule has 1 aromatic carbocycles. The normalized spacial score (nSPS) is 14.6. The van der Waals surface area contributed by atoms with Crippen molar-refractivity contribution in [2.75, 3.05) is 17.7 Å². The van der Waals surface area contributed by atoms with Crippen LogP contribution in [0.25, 0.3) is 0 Å². The lowest BCUT2D eigenvalue weighted by atomic mass is 10.2. The molecule has 1 saturated carbocycles. The Morgan fingerprint density at radius 3 is 2.95 bits per heavy atom. The fourth-order valence-corrected chi connectivity index (χ4v) is 3.38. The molecule has 100 valence electrons. The van der Waals surface area contributed by atoms with Gasteiger partial charge < -0.3 is 10.6 Å². The number of hydrogen-bond acceptors (Lipinski definition) is 4. The van der Waals surface area contributed by atoms with Gasteiger partial charge >= 0.3 is 0 Å². The third-order valence-electron chi connectivity index (χ3n) is 3.38. The molecule has 1 aliphatic rings. The molecule has 0 spiro atoms. The van der Waals surface area contributed by atoms with Gasteiger partial charge in [0.1, 0.15) is 10.8 Å². The second kappa shape index (κ2) is 5.02. The third kappa shape index (κ3) is 2.69. The average Bonchev–Trinajstić information content (AvgIpc) is 3.12. The van der Waals surface area contributed by atoms with E-state index in [1.54, 1.807) is 0 Å². The van der Waals surface area contributed by atoms with Crippen LogP contribution in [0.2, 0.25) is 5.02 Å². The summed E-state index contributed by atoms with van der Waals surface area (Å²) in [6.07, 6.45) is 2.47. The van der Waals surface area contributed by atoms with Crippen molar-refractivity contribution < 1.29 is 0 Å². The summed E-state index contributed by atoms with van der Waals surface area (Å²) in [6, 6.07) is 7.96. The van der Waals surface area contributed by atoms with Gasteiger partial charge in [0.25, 0.3) is 0 Å². The van der Waals surface area contributed by atoms with Crippen LogP contribution in [0, 0.1) is 0 Å². The third-order valence-corrected chi connectivity index (χ3v) is 4.61. The van der Waals surface area contributed by atoms with Gasteiger partial charge in [0.2, 0.25) is 0 Å². The van der Waals surface area contributed by atoms with Crippen molar-refractivity contribution >= 4 is 34.0 Å². The van der Waals surface area contributed by atoms with Crippen molar-refractivity contribution in [2.45, 2.75) is 25.3 Å². The highest BCUT2D eigenvalue weighted by Crippen LogP contribution is 2.48. The van der Waals surface area contributed by atoms with Crippen molar-refractivity contribution in [2.24, 2.45) is 0 Å². The zero-order chi connectivity index (χ0) is 13.4. The fraction of sp³-hybridized carbons (Fsp3) is 0.357. The minimum absolute atomic E-state index is 0.621. The van der Waals surface area contributed by atoms with Crippen LogP contribution >= 0.6 is 23.1 Å². The maximum atomic E-state index is 6.02. The molecule has 3 rings (SSSR count). The van der Waals surface area contributed by atoms with Crippen LogP contribution in [0.4, 0.5) is 10.8 Å². The monoisotopic (exact) mass is 293 g/mol. The number of nitrogen functional groups attached to an aromatic ring is 1. The Balaban J connectivity index is 1.82. The molecule has 0 amide bonds. The average molecular weight is 294 g/mol. The van der Waals surface area contributed by atoms with Crippen molar-refractivity contribution in [3.63, 3.8) is 0 Å². The number of rotatable bonds is 4. The van der Waals surface area contributed by atoms with Crippen LogP contribution in [-0.4, -0.2) is 11.4 Å². The fourth-order valence-electron chi connectivity index (χ4n) is 2.31. The molecule has 1 aromatic heterocycles. The van der Waals surface area contributed by atoms with Gasteiger partial charge in [-0.2, -0.15) is 4.37 Å². The number of benzene rings is 1. The zero-order valence-corrected chi connectivity index (χ0v) is 12.3. The second-order valence-corrected chi connectivity index (χ2v) is 6.24. The van der Waals surface area contributed by atoms with E-state index in [4.69, 9.17) is 17.3 Å². The van der Waals surface area contributed by atoms with Gasteiger partial charge in [0.05, 0.1) is 0 Å². The van der Waals surface area contributed by atoms with Crippen molar-refractivity contribution in [1.29, 1.82) is 0 Å². The minimum atomic E-state index is 0.621. The summed E-state index contributed by atoms with van der Waals surface area (Å²) >= 11 is 7.52. The lowest BCUT2D eigenvalue weighted by molar-refractivity contribution is 0.921. The summed E-state index contributed by atoms with van der Waals surface area (Å²) in [5.74, 6) is 1.33. The maximum absolute atomic E-state index is 6.02. The first-order chi connectivity index (χ1) is 9.15. The molecule has 19 heavy (non-hydrogen) atoms. The van der Waals surface area contributed by atoms with E-state index in [1.165, 1.54) is 40.5 Å². The van der Waals surface area contributed by atoms with Crippen LogP contribution in [0.1, 0.15) is 29.9 Å². The predicted octanol–water partition coefficient (Wildman–Crippen LogP) is 3.89. The Bertz CT molecular complexity index is 592. The highest BCUT2D eigenvalue weighted by Gasteiger charge is 2.31. The van der Waals surface area contributed by atoms with Gasteiger partial charge in [-0.15, -0.1) is 0 Å². The standard InChI is InChI=1S/C14H16ClN3S/c1-18(8-9-3-2-4-11(15)7-9)14-12(10-5-6-10)13(16)17-19-14/h2-4,7,10H,5-6,8H2,1H3,(H2,16,17). The van der Waals surface area contributed by atoms with E-state index in [-0.39, 0.29) is 0 Å². The number of anilines is 2. The number of nitrogens with zero attached hydrogens (tertiary/aromatic N) is 2. The van der Waals surface area contributed by atoms with Crippen LogP contribution in [0.5, 0.6) is 0 Å². The highest BCUT2D eigenvalue weighted by atomic mass is 35.5. The first-order valence-corrected chi connectivity index (χ1v) is 7.51. The molecule has 1 aliphatic carbocycles. The minimum Gasteiger partial charge on any atom is -0.383 e. The molecule has 0 radical (unpaired) electrons. The Morgan fingerprint density at radius 2 is 2.26 bits per heavy atom. The number of halogens is 1. The summed E-state index contributed by atoms with van der Waals surface area (Å²) < 4.78 is 4.31. The summed E-state index contributed by atoms with van der Waals surface area (Å²) in [7, 11) is 2.08. The summed E-state index contributed by atoms with van der Waals surface area (Å²) in [4.78, 5) is 2.22. The first kappa shape index (κ1) is 12.8. The highest BCUT2D eigenvalue weighted by molar-refractivity contribution is 7.10. The molecule has 1 fully saturated rings. The van der Waals surface area contributed by atoms with E-state index in [9.17, 15) is 0 Å². The molecular formula is C14H16ClN3S. The molecular weight excluding hydrogens is 278 g/mol. The Kier molecular flexibility index (Phi) is 3.37. The van der Waals surface area contributed by atoms with E-state index in [0.717, 1.165) is 11.6 Å². The molecule has 0 atom stereocenters. The first-order valence-electron chi connectivity index (χ1n) is 6.36. The van der Waals surface area contributed by atoms with Crippen LogP contribution in [-0.2, 0) is 6.54 Å². The van der Waals surface area contributed by atoms with Crippen LogP contribution in [0.3, 0.4) is 0 Å². The largest absolute Gasteiger partial charge is 0.383 e. The van der Waals surface area contributed by atoms with E-state index >= 15 is 0 Å². The molecule has 2 aromatic rings. The van der Waals surface area contributed by atoms with E-state index < -0.39 is 0 Å². The Labute approximate surface area is 122 Å². The SMILES string of the molecule is CN(Cc1cccc(Cl)c1)c1snc(N)c1C1CC1. The molecule has 0 bridgehead atoms. The Morgan fingerprint density at radius 1 is 1.47 bits per heavy atom. The lowest BCUT2D eigenvalue weighted by Gasteiger charge is -2.19. The second-order valence-electron chi connectivity index (χ2n) is 5.05. The van der Waals surface area contributed by atoms with Gasteiger partial charge in [-0.3, -0.25) is 0 Å². The number of aromatic nitrogens is 1. The van der Waals surface area contributed by atoms with Gasteiger partial charge in [-0.05, 0) is 48.0 Å². The van der Waals surface area contributed by atoms with Crippen molar-refractivity contribution in [3.05, 3.63) is 40.4 Å². The van der Waals surface area contributed by atoms with E-state index in [0.29, 0.717) is 11.7 Å². The summed E-state index contributed by atoms with van der Waals surface area (Å²) in [6.45, 7) is 0.821. The quantitative estimate of drug-likeness (QED) is 0.930. The summed E-state index contributed by atoms with van der Waals surface area (Å²) in [5.41, 5.74) is 8.43. The smallest absolute Gasteiger partial charge is 0.142 e. The Hall–Kier alpha value is -1.26. The van der Waals surface area contributed by atoms with Crippen LogP contribution < -0.4 is 10.6 Å². The number of nitrogens with two attached hydrogens (primary N) is 1. The van der Waals surface area contributed by atoms with Gasteiger partial charge in [-0.1, -0.05) is 23.7 Å². The van der Waals surface area contributed by atoms with Gasteiger partial charge in [-0.25, -0.2) is 0 Å². The lowest BCUT2D eigenvalue weighted by Crippen LogP contribution is -2.16. The molecule has 0 aliphatic heterocycles. The molecule has 5 heteroatoms.